The van der Waals surface area contributed by atoms with Crippen molar-refractivity contribution < 1.29 is 23.4 Å². The van der Waals surface area contributed by atoms with Crippen molar-refractivity contribution in [3.05, 3.63) is 58.4 Å². The topological polar surface area (TPSA) is 60.0 Å². The van der Waals surface area contributed by atoms with Gasteiger partial charge in [-0.1, -0.05) is 30.7 Å². The summed E-state index contributed by atoms with van der Waals surface area (Å²) in [7, 11) is 1.50. The molecule has 1 atom stereocenters. The van der Waals surface area contributed by atoms with E-state index in [1.54, 1.807) is 18.2 Å². The van der Waals surface area contributed by atoms with Crippen LogP contribution in [0.2, 0.25) is 5.02 Å². The Balaban J connectivity index is 1.76. The van der Waals surface area contributed by atoms with Crippen LogP contribution in [0.4, 0.5) is 4.39 Å². The Bertz CT molecular complexity index is 890. The Morgan fingerprint density at radius 3 is 2.74 bits per heavy atom. The number of hydrogen-bond donors (Lipinski definition) is 1. The lowest BCUT2D eigenvalue weighted by Crippen LogP contribution is -2.43. The maximum Gasteiger partial charge on any atom is 0.251 e. The molecule has 2 aromatic rings. The first-order valence-corrected chi connectivity index (χ1v) is 10.8. The third-order valence-corrected chi connectivity index (χ3v) is 5.40. The Labute approximate surface area is 187 Å². The highest BCUT2D eigenvalue weighted by atomic mass is 35.5. The molecule has 0 aromatic heterocycles. The molecule has 1 saturated heterocycles. The normalized spacial score (nSPS) is 15.4. The van der Waals surface area contributed by atoms with Crippen LogP contribution in [-0.4, -0.2) is 57.4 Å². The Morgan fingerprint density at radius 2 is 2.06 bits per heavy atom. The van der Waals surface area contributed by atoms with Crippen LogP contribution in [-0.2, 0) is 4.74 Å². The standard InChI is InChI=1S/C23H28ClFN2O4/c1-3-9-31-22-19(24)13-17(14-21(22)29-2)23(28)26-15-20(27-7-10-30-11-8-27)16-5-4-6-18(25)12-16/h4-6,12-14,20H,3,7-11,15H2,1-2H3,(H,26,28). The number of ether oxygens (including phenoxy) is 3. The van der Waals surface area contributed by atoms with Crippen LogP contribution in [0, 0.1) is 5.82 Å². The number of rotatable bonds is 9. The van der Waals surface area contributed by atoms with Crippen LogP contribution in [0.1, 0.15) is 35.3 Å². The summed E-state index contributed by atoms with van der Waals surface area (Å²) in [6.45, 7) is 5.43. The maximum atomic E-state index is 13.8. The van der Waals surface area contributed by atoms with Gasteiger partial charge in [0, 0.05) is 25.2 Å². The highest BCUT2D eigenvalue weighted by Crippen LogP contribution is 2.36. The number of carbonyl (C=O) groups is 1. The summed E-state index contributed by atoms with van der Waals surface area (Å²) in [4.78, 5) is 15.1. The number of methoxy groups -OCH3 is 1. The third-order valence-electron chi connectivity index (χ3n) is 5.12. The molecule has 1 aliphatic heterocycles. The Morgan fingerprint density at radius 1 is 1.29 bits per heavy atom. The molecule has 1 aliphatic rings. The molecule has 0 spiro atoms. The second-order valence-corrected chi connectivity index (χ2v) is 7.67. The Kier molecular flexibility index (Phi) is 8.51. The summed E-state index contributed by atoms with van der Waals surface area (Å²) in [5, 5.41) is 3.27. The maximum absolute atomic E-state index is 13.8. The number of nitrogens with one attached hydrogen (secondary N) is 1. The predicted molar refractivity (Wildman–Crippen MR) is 118 cm³/mol. The first-order valence-electron chi connectivity index (χ1n) is 10.4. The SMILES string of the molecule is CCCOc1c(Cl)cc(C(=O)NCC(c2cccc(F)c2)N2CCOCC2)cc1OC. The molecule has 0 saturated carbocycles. The average Bonchev–Trinajstić information content (AvgIpc) is 2.78. The van der Waals surface area contributed by atoms with Crippen molar-refractivity contribution in [3.63, 3.8) is 0 Å². The van der Waals surface area contributed by atoms with Crippen LogP contribution >= 0.6 is 11.6 Å². The summed E-state index contributed by atoms with van der Waals surface area (Å²) < 4.78 is 30.3. The molecular weight excluding hydrogens is 423 g/mol. The second kappa shape index (κ2) is 11.3. The molecular formula is C23H28ClFN2O4. The molecule has 31 heavy (non-hydrogen) atoms. The van der Waals surface area contributed by atoms with Crippen LogP contribution in [0.25, 0.3) is 0 Å². The quantitative estimate of drug-likeness (QED) is 0.623. The van der Waals surface area contributed by atoms with Gasteiger partial charge in [-0.2, -0.15) is 0 Å². The van der Waals surface area contributed by atoms with Crippen molar-refractivity contribution in [2.24, 2.45) is 0 Å². The average molecular weight is 451 g/mol. The van der Waals surface area contributed by atoms with E-state index in [4.69, 9.17) is 25.8 Å². The van der Waals surface area contributed by atoms with E-state index >= 15 is 0 Å². The lowest BCUT2D eigenvalue weighted by Gasteiger charge is -2.35. The van der Waals surface area contributed by atoms with E-state index in [2.05, 4.69) is 10.2 Å². The predicted octanol–water partition coefficient (Wildman–Crippen LogP) is 4.08. The molecule has 3 rings (SSSR count). The fraction of sp³-hybridized carbons (Fsp3) is 0.435. The van der Waals surface area contributed by atoms with Crippen LogP contribution in [0.3, 0.4) is 0 Å². The zero-order chi connectivity index (χ0) is 22.2. The third kappa shape index (κ3) is 6.09. The summed E-state index contributed by atoms with van der Waals surface area (Å²) in [5.74, 6) is 0.229. The summed E-state index contributed by atoms with van der Waals surface area (Å²) in [5.41, 5.74) is 1.17. The number of benzene rings is 2. The molecule has 0 aliphatic carbocycles. The van der Waals surface area contributed by atoms with Crippen molar-refractivity contribution in [3.8, 4) is 11.5 Å². The minimum atomic E-state index is -0.304. The summed E-state index contributed by atoms with van der Waals surface area (Å²) >= 11 is 6.34. The molecule has 1 fully saturated rings. The number of morpholine rings is 1. The number of hydrogen-bond acceptors (Lipinski definition) is 5. The molecule has 0 radical (unpaired) electrons. The van der Waals surface area contributed by atoms with Crippen molar-refractivity contribution in [1.29, 1.82) is 0 Å². The molecule has 1 N–H and O–H groups in total. The van der Waals surface area contributed by atoms with E-state index in [0.29, 0.717) is 61.5 Å². The molecule has 6 nitrogen and oxygen atoms in total. The van der Waals surface area contributed by atoms with Crippen molar-refractivity contribution in [2.45, 2.75) is 19.4 Å². The van der Waals surface area contributed by atoms with Crippen LogP contribution < -0.4 is 14.8 Å². The largest absolute Gasteiger partial charge is 0.493 e. The van der Waals surface area contributed by atoms with E-state index < -0.39 is 0 Å². The zero-order valence-corrected chi connectivity index (χ0v) is 18.6. The van der Waals surface area contributed by atoms with Gasteiger partial charge in [-0.15, -0.1) is 0 Å². The first-order chi connectivity index (χ1) is 15.0. The molecule has 1 heterocycles. The number of nitrogens with zero attached hydrogens (tertiary/aromatic N) is 1. The van der Waals surface area contributed by atoms with Gasteiger partial charge in [-0.25, -0.2) is 4.39 Å². The number of amides is 1. The van der Waals surface area contributed by atoms with E-state index in [9.17, 15) is 9.18 Å². The minimum absolute atomic E-state index is 0.173. The second-order valence-electron chi connectivity index (χ2n) is 7.27. The first kappa shape index (κ1) is 23.3. The zero-order valence-electron chi connectivity index (χ0n) is 17.8. The van der Waals surface area contributed by atoms with Crippen molar-refractivity contribution in [2.75, 3.05) is 46.6 Å². The van der Waals surface area contributed by atoms with Gasteiger partial charge in [-0.05, 0) is 36.2 Å². The van der Waals surface area contributed by atoms with Gasteiger partial charge in [0.15, 0.2) is 11.5 Å². The van der Waals surface area contributed by atoms with Gasteiger partial charge in [-0.3, -0.25) is 9.69 Å². The molecule has 1 amide bonds. The smallest absolute Gasteiger partial charge is 0.251 e. The highest BCUT2D eigenvalue weighted by Gasteiger charge is 2.24. The lowest BCUT2D eigenvalue weighted by molar-refractivity contribution is 0.0162. The van der Waals surface area contributed by atoms with Gasteiger partial charge in [0.1, 0.15) is 5.82 Å². The van der Waals surface area contributed by atoms with E-state index in [1.165, 1.54) is 19.2 Å². The van der Waals surface area contributed by atoms with Gasteiger partial charge in [0.25, 0.3) is 5.91 Å². The van der Waals surface area contributed by atoms with Gasteiger partial charge in [0.2, 0.25) is 0 Å². The molecule has 1 unspecified atom stereocenters. The number of halogens is 2. The lowest BCUT2D eigenvalue weighted by atomic mass is 10.0. The van der Waals surface area contributed by atoms with Crippen molar-refractivity contribution >= 4 is 17.5 Å². The van der Waals surface area contributed by atoms with Crippen molar-refractivity contribution in [1.82, 2.24) is 10.2 Å². The van der Waals surface area contributed by atoms with Gasteiger partial charge < -0.3 is 19.5 Å². The van der Waals surface area contributed by atoms with Crippen LogP contribution in [0.15, 0.2) is 36.4 Å². The van der Waals surface area contributed by atoms with E-state index in [-0.39, 0.29) is 17.8 Å². The van der Waals surface area contributed by atoms with Crippen LogP contribution in [0.5, 0.6) is 11.5 Å². The fourth-order valence-electron chi connectivity index (χ4n) is 3.55. The monoisotopic (exact) mass is 450 g/mol. The molecule has 168 valence electrons. The highest BCUT2D eigenvalue weighted by molar-refractivity contribution is 6.32. The minimum Gasteiger partial charge on any atom is -0.493 e. The molecule has 8 heteroatoms. The fourth-order valence-corrected chi connectivity index (χ4v) is 3.81. The molecule has 0 bridgehead atoms. The molecule has 2 aromatic carbocycles. The Hall–Kier alpha value is -2.35. The number of carbonyl (C=O) groups excluding carboxylic acids is 1. The summed E-state index contributed by atoms with van der Waals surface area (Å²) in [6.07, 6.45) is 0.824. The van der Waals surface area contributed by atoms with E-state index in [0.717, 1.165) is 12.0 Å². The van der Waals surface area contributed by atoms with Gasteiger partial charge >= 0.3 is 0 Å². The summed E-state index contributed by atoms with van der Waals surface area (Å²) in [6, 6.07) is 9.47. The van der Waals surface area contributed by atoms with E-state index in [1.807, 2.05) is 13.0 Å². The van der Waals surface area contributed by atoms with Gasteiger partial charge in [0.05, 0.1) is 38.0 Å².